The van der Waals surface area contributed by atoms with Crippen molar-refractivity contribution < 1.29 is 14.3 Å². The molecule has 0 spiro atoms. The molecule has 2 aromatic carbocycles. The van der Waals surface area contributed by atoms with Gasteiger partial charge in [-0.3, -0.25) is 4.79 Å². The maximum absolute atomic E-state index is 13.0. The highest BCUT2D eigenvalue weighted by atomic mass is 32.2. The number of hydrogen-bond acceptors (Lipinski definition) is 5. The summed E-state index contributed by atoms with van der Waals surface area (Å²) in [6.07, 6.45) is 17.9. The fraction of sp³-hybridized carbons (Fsp3) is 0.531. The molecule has 208 valence electrons. The van der Waals surface area contributed by atoms with Gasteiger partial charge in [0.1, 0.15) is 0 Å². The number of nitrogens with one attached hydrogen (secondary N) is 1. The molecule has 1 N–H and O–H groups in total. The number of carbonyl (C=O) groups is 1. The number of benzene rings is 2. The summed E-state index contributed by atoms with van der Waals surface area (Å²) in [7, 11) is 1.62. The number of unbranched alkanes of at least 4 members (excludes halogenated alkanes) is 11. The molecule has 0 saturated heterocycles. The van der Waals surface area contributed by atoms with Crippen LogP contribution in [0.15, 0.2) is 54.1 Å². The highest BCUT2D eigenvalue weighted by Gasteiger charge is 2.14. The van der Waals surface area contributed by atoms with Crippen LogP contribution in [0.3, 0.4) is 0 Å². The number of para-hydroxylation sites is 1. The van der Waals surface area contributed by atoms with Crippen LogP contribution in [0.4, 0.5) is 5.69 Å². The predicted molar refractivity (Wildman–Crippen MR) is 161 cm³/mol. The van der Waals surface area contributed by atoms with E-state index in [0.29, 0.717) is 23.7 Å². The first-order valence-corrected chi connectivity index (χ1v) is 15.5. The van der Waals surface area contributed by atoms with Crippen molar-refractivity contribution in [2.75, 3.05) is 24.9 Å². The van der Waals surface area contributed by atoms with Crippen molar-refractivity contribution >= 4 is 23.4 Å². The molecule has 3 rings (SSSR count). The van der Waals surface area contributed by atoms with Crippen molar-refractivity contribution in [3.63, 3.8) is 0 Å². The quantitative estimate of drug-likeness (QED) is 0.181. The van der Waals surface area contributed by atoms with Crippen molar-refractivity contribution in [1.82, 2.24) is 4.90 Å². The number of amides is 1. The second-order valence-corrected chi connectivity index (χ2v) is 10.9. The number of rotatable bonds is 19. The number of anilines is 1. The fourth-order valence-corrected chi connectivity index (χ4v) is 5.37. The highest BCUT2D eigenvalue weighted by Crippen LogP contribution is 2.29. The molecule has 0 fully saturated rings. The van der Waals surface area contributed by atoms with Gasteiger partial charge in [0.2, 0.25) is 0 Å². The monoisotopic (exact) mass is 538 g/mol. The largest absolute Gasteiger partial charge is 0.493 e. The van der Waals surface area contributed by atoms with Crippen LogP contribution < -0.4 is 14.8 Å². The highest BCUT2D eigenvalue weighted by molar-refractivity contribution is 8.02. The molecule has 1 aliphatic heterocycles. The van der Waals surface area contributed by atoms with Gasteiger partial charge < -0.3 is 19.7 Å². The van der Waals surface area contributed by atoms with E-state index in [4.69, 9.17) is 9.47 Å². The summed E-state index contributed by atoms with van der Waals surface area (Å²) in [5, 5.41) is 5.17. The van der Waals surface area contributed by atoms with Gasteiger partial charge in [0.05, 0.1) is 19.6 Å². The zero-order valence-corrected chi connectivity index (χ0v) is 24.2. The van der Waals surface area contributed by atoms with Crippen molar-refractivity contribution in [2.24, 2.45) is 0 Å². The first-order valence-electron chi connectivity index (χ1n) is 14.4. The maximum atomic E-state index is 13.0. The molecule has 1 heterocycles. The molecule has 1 aliphatic rings. The Kier molecular flexibility index (Phi) is 14.0. The standard InChI is InChI=1S/C32H46N2O3S/c1-3-4-5-6-7-8-9-10-11-12-13-16-22-37-30-20-19-27(24-31(30)36-2)32(35)33-29-18-15-14-17-28(29)25-34-21-23-38-26-34/h14-15,17-21,23-24H,3-13,16,22,25-26H2,1-2H3,(H,33,35). The number of hydrogen-bond donors (Lipinski definition) is 1. The van der Waals surface area contributed by atoms with Crippen LogP contribution in [-0.2, 0) is 6.54 Å². The lowest BCUT2D eigenvalue weighted by Gasteiger charge is -2.18. The first-order chi connectivity index (χ1) is 18.7. The van der Waals surface area contributed by atoms with Crippen LogP contribution >= 0.6 is 11.8 Å². The number of carbonyl (C=O) groups excluding carboxylic acids is 1. The smallest absolute Gasteiger partial charge is 0.255 e. The molecule has 0 unspecified atom stereocenters. The molecule has 0 radical (unpaired) electrons. The Hall–Kier alpha value is -2.60. The molecular formula is C32H46N2O3S. The van der Waals surface area contributed by atoms with Crippen LogP contribution in [0, 0.1) is 0 Å². The minimum Gasteiger partial charge on any atom is -0.493 e. The summed E-state index contributed by atoms with van der Waals surface area (Å²) in [4.78, 5) is 15.3. The normalized spacial score (nSPS) is 12.6. The number of ether oxygens (including phenoxy) is 2. The molecule has 0 atom stereocenters. The van der Waals surface area contributed by atoms with Gasteiger partial charge in [-0.05, 0) is 41.7 Å². The van der Waals surface area contributed by atoms with E-state index in [0.717, 1.165) is 30.1 Å². The molecule has 2 aromatic rings. The van der Waals surface area contributed by atoms with Crippen molar-refractivity contribution in [3.8, 4) is 11.5 Å². The molecule has 0 bridgehead atoms. The Bertz CT molecular complexity index is 994. The maximum Gasteiger partial charge on any atom is 0.255 e. The fourth-order valence-electron chi connectivity index (χ4n) is 4.66. The lowest BCUT2D eigenvalue weighted by Crippen LogP contribution is -2.17. The summed E-state index contributed by atoms with van der Waals surface area (Å²) in [5.74, 6) is 2.05. The predicted octanol–water partition coefficient (Wildman–Crippen LogP) is 9.00. The summed E-state index contributed by atoms with van der Waals surface area (Å²) in [6.45, 7) is 3.69. The van der Waals surface area contributed by atoms with E-state index in [1.807, 2.05) is 24.3 Å². The van der Waals surface area contributed by atoms with E-state index in [1.165, 1.54) is 70.6 Å². The van der Waals surface area contributed by atoms with Gasteiger partial charge in [-0.25, -0.2) is 0 Å². The third-order valence-corrected chi connectivity index (χ3v) is 7.72. The average Bonchev–Trinajstić information content (AvgIpc) is 3.45. The van der Waals surface area contributed by atoms with E-state index in [2.05, 4.69) is 34.8 Å². The molecule has 0 aliphatic carbocycles. The van der Waals surface area contributed by atoms with Gasteiger partial charge >= 0.3 is 0 Å². The molecule has 5 nitrogen and oxygen atoms in total. The third kappa shape index (κ3) is 10.6. The van der Waals surface area contributed by atoms with Crippen molar-refractivity contribution in [1.29, 1.82) is 0 Å². The number of methoxy groups -OCH3 is 1. The topological polar surface area (TPSA) is 50.8 Å². The lowest BCUT2D eigenvalue weighted by atomic mass is 10.1. The molecule has 0 saturated carbocycles. The van der Waals surface area contributed by atoms with Crippen LogP contribution in [-0.4, -0.2) is 30.4 Å². The first kappa shape index (κ1) is 29.9. The van der Waals surface area contributed by atoms with Crippen molar-refractivity contribution in [2.45, 2.75) is 90.5 Å². The van der Waals surface area contributed by atoms with Crippen LogP contribution in [0.5, 0.6) is 11.5 Å². The van der Waals surface area contributed by atoms with Gasteiger partial charge in [-0.15, -0.1) is 11.8 Å². The van der Waals surface area contributed by atoms with E-state index in [-0.39, 0.29) is 5.91 Å². The minimum absolute atomic E-state index is 0.158. The van der Waals surface area contributed by atoms with Gasteiger partial charge in [0.25, 0.3) is 5.91 Å². The number of nitrogens with zero attached hydrogens (tertiary/aromatic N) is 1. The van der Waals surface area contributed by atoms with Crippen LogP contribution in [0.25, 0.3) is 0 Å². The van der Waals surface area contributed by atoms with Gasteiger partial charge in [0.15, 0.2) is 11.5 Å². The van der Waals surface area contributed by atoms with Crippen molar-refractivity contribution in [3.05, 3.63) is 65.2 Å². The zero-order chi connectivity index (χ0) is 26.8. The summed E-state index contributed by atoms with van der Waals surface area (Å²) < 4.78 is 11.5. The summed E-state index contributed by atoms with van der Waals surface area (Å²) in [6, 6.07) is 13.4. The van der Waals surface area contributed by atoms with Gasteiger partial charge in [-0.1, -0.05) is 95.8 Å². The van der Waals surface area contributed by atoms with E-state index >= 15 is 0 Å². The molecule has 38 heavy (non-hydrogen) atoms. The summed E-state index contributed by atoms with van der Waals surface area (Å²) in [5.41, 5.74) is 2.46. The SMILES string of the molecule is CCCCCCCCCCCCCCOc1ccc(C(=O)Nc2ccccc2CN2C=CSC2)cc1OC. The van der Waals surface area contributed by atoms with E-state index in [1.54, 1.807) is 31.0 Å². The second-order valence-electron chi connectivity index (χ2n) is 10.0. The Balaban J connectivity index is 1.37. The van der Waals surface area contributed by atoms with Gasteiger partial charge in [0, 0.05) is 24.0 Å². The van der Waals surface area contributed by atoms with Crippen LogP contribution in [0.2, 0.25) is 0 Å². The Morgan fingerprint density at radius 2 is 1.58 bits per heavy atom. The van der Waals surface area contributed by atoms with Crippen LogP contribution in [0.1, 0.15) is 99.9 Å². The Morgan fingerprint density at radius 1 is 0.895 bits per heavy atom. The molecule has 1 amide bonds. The average molecular weight is 539 g/mol. The molecular weight excluding hydrogens is 492 g/mol. The van der Waals surface area contributed by atoms with Gasteiger partial charge in [-0.2, -0.15) is 0 Å². The Labute approximate surface area is 234 Å². The van der Waals surface area contributed by atoms with E-state index in [9.17, 15) is 4.79 Å². The second kappa shape index (κ2) is 17.8. The zero-order valence-electron chi connectivity index (χ0n) is 23.4. The Morgan fingerprint density at radius 3 is 2.24 bits per heavy atom. The lowest BCUT2D eigenvalue weighted by molar-refractivity contribution is 0.102. The number of thioether (sulfide) groups is 1. The molecule has 0 aromatic heterocycles. The minimum atomic E-state index is -0.158. The molecule has 6 heteroatoms. The third-order valence-electron chi connectivity index (χ3n) is 6.93. The van der Waals surface area contributed by atoms with E-state index < -0.39 is 0 Å². The summed E-state index contributed by atoms with van der Waals surface area (Å²) >= 11 is 1.77.